The molecule has 5 heteroatoms. The van der Waals surface area contributed by atoms with Gasteiger partial charge in [-0.1, -0.05) is 60.7 Å². The van der Waals surface area contributed by atoms with E-state index in [1.807, 2.05) is 42.5 Å². The van der Waals surface area contributed by atoms with E-state index in [4.69, 9.17) is 9.47 Å². The summed E-state index contributed by atoms with van der Waals surface area (Å²) in [5, 5.41) is -0.158. The lowest BCUT2D eigenvalue weighted by Gasteiger charge is -2.27. The summed E-state index contributed by atoms with van der Waals surface area (Å²) < 4.78 is 26.7. The van der Waals surface area contributed by atoms with E-state index < -0.39 is 0 Å². The molecule has 0 unspecified atom stereocenters. The first-order chi connectivity index (χ1) is 15.2. The third-order valence-electron chi connectivity index (χ3n) is 5.59. The minimum absolute atomic E-state index is 0.0902. The van der Waals surface area contributed by atoms with Gasteiger partial charge in [-0.05, 0) is 30.2 Å². The van der Waals surface area contributed by atoms with E-state index in [0.29, 0.717) is 12.2 Å². The van der Waals surface area contributed by atoms with E-state index in [0.717, 1.165) is 36.7 Å². The van der Waals surface area contributed by atoms with Crippen molar-refractivity contribution < 1.29 is 13.9 Å². The number of hydrogen-bond donors (Lipinski definition) is 0. The average molecular weight is 438 g/mol. The van der Waals surface area contributed by atoms with E-state index in [1.54, 1.807) is 24.9 Å². The Bertz CT molecular complexity index is 968. The van der Waals surface area contributed by atoms with Crippen molar-refractivity contribution in [2.24, 2.45) is 0 Å². The summed E-state index contributed by atoms with van der Waals surface area (Å²) in [5.41, 5.74) is 1.98. The largest absolute Gasteiger partial charge is 0.496 e. The Labute approximate surface area is 188 Å². The highest BCUT2D eigenvalue weighted by Gasteiger charge is 2.30. The number of methoxy groups -OCH3 is 1. The number of benzene rings is 3. The lowest BCUT2D eigenvalue weighted by molar-refractivity contribution is 0.0597. The van der Waals surface area contributed by atoms with Crippen LogP contribution in [0.2, 0.25) is 0 Å². The van der Waals surface area contributed by atoms with Crippen molar-refractivity contribution in [3.63, 3.8) is 0 Å². The van der Waals surface area contributed by atoms with Crippen LogP contribution in [0, 0.1) is 5.82 Å². The quantitative estimate of drug-likeness (QED) is 0.425. The zero-order valence-corrected chi connectivity index (χ0v) is 18.6. The minimum Gasteiger partial charge on any atom is -0.496 e. The fourth-order valence-electron chi connectivity index (χ4n) is 3.98. The maximum atomic E-state index is 14.8. The fraction of sp³-hybridized carbons (Fsp3) is 0.308. The van der Waals surface area contributed by atoms with Crippen LogP contribution in [-0.4, -0.2) is 37.8 Å². The molecule has 1 aliphatic heterocycles. The van der Waals surface area contributed by atoms with E-state index in [-0.39, 0.29) is 17.2 Å². The molecule has 162 valence electrons. The molecule has 4 rings (SSSR count). The van der Waals surface area contributed by atoms with Gasteiger partial charge in [-0.2, -0.15) is 0 Å². The topological polar surface area (TPSA) is 21.7 Å². The summed E-state index contributed by atoms with van der Waals surface area (Å²) in [6.07, 6.45) is 0.751. The number of halogens is 1. The number of para-hydroxylation sites is 1. The van der Waals surface area contributed by atoms with Crippen LogP contribution in [0.3, 0.4) is 0 Å². The average Bonchev–Trinajstić information content (AvgIpc) is 3.04. The maximum Gasteiger partial charge on any atom is 0.132 e. The normalized spacial score (nSPS) is 18.3. The van der Waals surface area contributed by atoms with Gasteiger partial charge in [-0.25, -0.2) is 4.39 Å². The number of ether oxygens (including phenoxy) is 2. The molecule has 1 aliphatic rings. The number of hydrogen-bond acceptors (Lipinski definition) is 4. The monoisotopic (exact) mass is 437 g/mol. The molecule has 0 radical (unpaired) electrons. The Morgan fingerprint density at radius 3 is 2.55 bits per heavy atom. The van der Waals surface area contributed by atoms with Gasteiger partial charge in [0.15, 0.2) is 0 Å². The van der Waals surface area contributed by atoms with Gasteiger partial charge < -0.3 is 9.47 Å². The molecule has 0 aliphatic carbocycles. The summed E-state index contributed by atoms with van der Waals surface area (Å²) in [6, 6.07) is 25.4. The summed E-state index contributed by atoms with van der Waals surface area (Å²) >= 11 is 1.62. The first kappa shape index (κ1) is 21.9. The van der Waals surface area contributed by atoms with Gasteiger partial charge >= 0.3 is 0 Å². The smallest absolute Gasteiger partial charge is 0.132 e. The van der Waals surface area contributed by atoms with Crippen LogP contribution >= 0.6 is 11.8 Å². The van der Waals surface area contributed by atoms with Gasteiger partial charge in [0.05, 0.1) is 30.0 Å². The van der Waals surface area contributed by atoms with Crippen molar-refractivity contribution in [1.82, 2.24) is 4.90 Å². The van der Waals surface area contributed by atoms with Gasteiger partial charge in [0.2, 0.25) is 0 Å². The molecule has 1 heterocycles. The Morgan fingerprint density at radius 1 is 1.00 bits per heavy atom. The lowest BCUT2D eigenvalue weighted by Crippen LogP contribution is -2.26. The predicted molar refractivity (Wildman–Crippen MR) is 124 cm³/mol. The standard InChI is InChI=1S/C26H28FNO2S/c1-29-23-13-7-8-14-25(23)31-26(21-11-5-6-12-22(21)27)24-15-16-28(17-18-30-24)19-20-9-3-2-4-10-20/h2-14,24,26H,15-19H2,1H3/t24-,26+/m1/s1. The van der Waals surface area contributed by atoms with E-state index in [1.165, 1.54) is 11.6 Å². The van der Waals surface area contributed by atoms with Crippen LogP contribution in [0.4, 0.5) is 4.39 Å². The highest BCUT2D eigenvalue weighted by atomic mass is 32.2. The van der Waals surface area contributed by atoms with Crippen LogP contribution < -0.4 is 4.74 Å². The second-order valence-corrected chi connectivity index (χ2v) is 8.85. The van der Waals surface area contributed by atoms with Gasteiger partial charge in [0.1, 0.15) is 11.6 Å². The molecule has 3 nitrogen and oxygen atoms in total. The Hall–Kier alpha value is -2.34. The van der Waals surface area contributed by atoms with Crippen LogP contribution in [0.1, 0.15) is 22.8 Å². The molecule has 3 aromatic carbocycles. The molecule has 0 amide bonds. The summed E-state index contributed by atoms with van der Waals surface area (Å²) in [5.74, 6) is 0.608. The van der Waals surface area contributed by atoms with Crippen molar-refractivity contribution in [2.75, 3.05) is 26.8 Å². The summed E-state index contributed by atoms with van der Waals surface area (Å²) in [7, 11) is 1.67. The third kappa shape index (κ3) is 5.67. The molecule has 31 heavy (non-hydrogen) atoms. The number of rotatable bonds is 7. The number of nitrogens with zero attached hydrogens (tertiary/aromatic N) is 1. The Morgan fingerprint density at radius 2 is 1.74 bits per heavy atom. The molecule has 0 saturated carbocycles. The van der Waals surface area contributed by atoms with Crippen molar-refractivity contribution in [1.29, 1.82) is 0 Å². The molecule has 0 bridgehead atoms. The minimum atomic E-state index is -0.191. The maximum absolute atomic E-state index is 14.8. The summed E-state index contributed by atoms with van der Waals surface area (Å²) in [4.78, 5) is 3.41. The van der Waals surface area contributed by atoms with Crippen molar-refractivity contribution in [3.05, 3.63) is 95.8 Å². The van der Waals surface area contributed by atoms with Gasteiger partial charge in [-0.15, -0.1) is 11.8 Å². The molecule has 1 saturated heterocycles. The molecule has 3 aromatic rings. The van der Waals surface area contributed by atoms with Crippen LogP contribution in [0.15, 0.2) is 83.8 Å². The highest BCUT2D eigenvalue weighted by molar-refractivity contribution is 7.99. The van der Waals surface area contributed by atoms with Crippen LogP contribution in [0.5, 0.6) is 5.75 Å². The summed E-state index contributed by atoms with van der Waals surface area (Å²) in [6.45, 7) is 3.32. The number of thioether (sulfide) groups is 1. The van der Waals surface area contributed by atoms with E-state index >= 15 is 0 Å². The van der Waals surface area contributed by atoms with Crippen molar-refractivity contribution >= 4 is 11.8 Å². The molecular formula is C26H28FNO2S. The molecule has 0 spiro atoms. The second-order valence-electron chi connectivity index (χ2n) is 7.67. The Balaban J connectivity index is 1.54. The van der Waals surface area contributed by atoms with Crippen molar-refractivity contribution in [3.8, 4) is 5.75 Å². The third-order valence-corrected chi connectivity index (χ3v) is 6.99. The van der Waals surface area contributed by atoms with Crippen LogP contribution in [0.25, 0.3) is 0 Å². The fourth-order valence-corrected chi connectivity index (χ4v) is 5.36. The van der Waals surface area contributed by atoms with Crippen molar-refractivity contribution in [2.45, 2.75) is 29.2 Å². The zero-order valence-electron chi connectivity index (χ0n) is 17.7. The van der Waals surface area contributed by atoms with Gasteiger partial charge in [0, 0.05) is 25.2 Å². The van der Waals surface area contributed by atoms with E-state index in [9.17, 15) is 4.39 Å². The molecule has 1 fully saturated rings. The Kier molecular flexibility index (Phi) is 7.62. The van der Waals surface area contributed by atoms with Crippen LogP contribution in [-0.2, 0) is 11.3 Å². The first-order valence-corrected chi connectivity index (χ1v) is 11.5. The second kappa shape index (κ2) is 10.8. The molecule has 0 aromatic heterocycles. The molecular weight excluding hydrogens is 409 g/mol. The molecule has 0 N–H and O–H groups in total. The molecule has 2 atom stereocenters. The highest BCUT2D eigenvalue weighted by Crippen LogP contribution is 2.44. The lowest BCUT2D eigenvalue weighted by atomic mass is 10.0. The first-order valence-electron chi connectivity index (χ1n) is 10.7. The van der Waals surface area contributed by atoms with Gasteiger partial charge in [-0.3, -0.25) is 4.90 Å². The predicted octanol–water partition coefficient (Wildman–Crippen LogP) is 5.96. The van der Waals surface area contributed by atoms with E-state index in [2.05, 4.69) is 29.2 Å². The SMILES string of the molecule is COc1ccccc1S[C@@H](c1ccccc1F)[C@H]1CCN(Cc2ccccc2)CCO1. The van der Waals surface area contributed by atoms with Gasteiger partial charge in [0.25, 0.3) is 0 Å². The zero-order chi connectivity index (χ0) is 21.5.